The Kier molecular flexibility index (Phi) is 9.32. The number of anilines is 1. The third-order valence-corrected chi connectivity index (χ3v) is 7.79. The standard InChI is InChI=1S/C27H37N3O4S/c1-21-12-10-11-17-25(21)30(35(3,33)34)20-26(31)29(19-18-23-13-6-4-7-14-23)22(2)27(32)28-24-15-8-5-9-16-24/h4,6-7,10-14,17,22,24H,5,8-9,15-16,18-20H2,1-3H3,(H,28,32). The molecule has 1 saturated carbocycles. The quantitative estimate of drug-likeness (QED) is 0.540. The van der Waals surface area contributed by atoms with E-state index in [1.165, 1.54) is 11.3 Å². The largest absolute Gasteiger partial charge is 0.352 e. The van der Waals surface area contributed by atoms with Gasteiger partial charge in [0.2, 0.25) is 21.8 Å². The van der Waals surface area contributed by atoms with E-state index in [4.69, 9.17) is 0 Å². The fourth-order valence-electron chi connectivity index (χ4n) is 4.58. The molecule has 0 heterocycles. The molecule has 1 aliphatic carbocycles. The van der Waals surface area contributed by atoms with E-state index >= 15 is 0 Å². The lowest BCUT2D eigenvalue weighted by Crippen LogP contribution is -2.53. The molecular formula is C27H37N3O4S. The Bertz CT molecular complexity index is 1100. The van der Waals surface area contributed by atoms with Crippen molar-refractivity contribution < 1.29 is 18.0 Å². The number of carbonyl (C=O) groups excluding carboxylic acids is 2. The predicted molar refractivity (Wildman–Crippen MR) is 140 cm³/mol. The van der Waals surface area contributed by atoms with Crippen LogP contribution in [0.2, 0.25) is 0 Å². The molecule has 2 amide bonds. The second kappa shape index (κ2) is 12.2. The molecule has 0 aliphatic heterocycles. The molecule has 1 atom stereocenters. The maximum atomic E-state index is 13.6. The van der Waals surface area contributed by atoms with Crippen molar-refractivity contribution in [1.29, 1.82) is 0 Å². The van der Waals surface area contributed by atoms with Crippen molar-refractivity contribution in [3.8, 4) is 0 Å². The summed E-state index contributed by atoms with van der Waals surface area (Å²) >= 11 is 0. The lowest BCUT2D eigenvalue weighted by atomic mass is 9.95. The molecule has 2 aromatic rings. The number of para-hydroxylation sites is 1. The molecule has 35 heavy (non-hydrogen) atoms. The summed E-state index contributed by atoms with van der Waals surface area (Å²) < 4.78 is 26.5. The fraction of sp³-hybridized carbons (Fsp3) is 0.481. The lowest BCUT2D eigenvalue weighted by molar-refractivity contribution is -0.139. The number of rotatable bonds is 10. The third kappa shape index (κ3) is 7.56. The van der Waals surface area contributed by atoms with Gasteiger partial charge in [-0.2, -0.15) is 0 Å². The van der Waals surface area contributed by atoms with E-state index in [1.807, 2.05) is 49.4 Å². The van der Waals surface area contributed by atoms with Crippen LogP contribution in [-0.2, 0) is 26.0 Å². The van der Waals surface area contributed by atoms with Crippen molar-refractivity contribution in [2.45, 2.75) is 64.5 Å². The highest BCUT2D eigenvalue weighted by atomic mass is 32.2. The van der Waals surface area contributed by atoms with Crippen LogP contribution >= 0.6 is 0 Å². The lowest BCUT2D eigenvalue weighted by Gasteiger charge is -2.33. The van der Waals surface area contributed by atoms with E-state index in [-0.39, 0.29) is 18.5 Å². The second-order valence-corrected chi connectivity index (χ2v) is 11.3. The highest BCUT2D eigenvalue weighted by Crippen LogP contribution is 2.23. The summed E-state index contributed by atoms with van der Waals surface area (Å²) in [6.07, 6.45) is 6.93. The van der Waals surface area contributed by atoms with Crippen molar-refractivity contribution in [2.24, 2.45) is 0 Å². The van der Waals surface area contributed by atoms with Gasteiger partial charge in [-0.05, 0) is 50.3 Å². The number of hydrogen-bond donors (Lipinski definition) is 1. The second-order valence-electron chi connectivity index (χ2n) is 9.40. The Balaban J connectivity index is 1.82. The minimum Gasteiger partial charge on any atom is -0.352 e. The molecule has 1 fully saturated rings. The third-order valence-electron chi connectivity index (χ3n) is 6.67. The van der Waals surface area contributed by atoms with E-state index in [0.717, 1.165) is 47.4 Å². The van der Waals surface area contributed by atoms with Crippen LogP contribution in [0.4, 0.5) is 5.69 Å². The molecule has 1 unspecified atom stereocenters. The first-order valence-electron chi connectivity index (χ1n) is 12.3. The first kappa shape index (κ1) is 26.7. The number of aryl methyl sites for hydroxylation is 1. The summed E-state index contributed by atoms with van der Waals surface area (Å²) in [5.41, 5.74) is 2.26. The Morgan fingerprint density at radius 1 is 1.00 bits per heavy atom. The van der Waals surface area contributed by atoms with Crippen LogP contribution in [-0.4, -0.2) is 56.6 Å². The average molecular weight is 500 g/mol. The summed E-state index contributed by atoms with van der Waals surface area (Å²) in [7, 11) is -3.72. The van der Waals surface area contributed by atoms with Crippen LogP contribution < -0.4 is 9.62 Å². The summed E-state index contributed by atoms with van der Waals surface area (Å²) in [6.45, 7) is 3.48. The molecule has 2 aromatic carbocycles. The molecule has 190 valence electrons. The zero-order valence-corrected chi connectivity index (χ0v) is 21.8. The van der Waals surface area contributed by atoms with Crippen LogP contribution in [0.3, 0.4) is 0 Å². The van der Waals surface area contributed by atoms with Gasteiger partial charge in [0.1, 0.15) is 12.6 Å². The van der Waals surface area contributed by atoms with E-state index < -0.39 is 22.0 Å². The number of nitrogens with one attached hydrogen (secondary N) is 1. The number of amides is 2. The van der Waals surface area contributed by atoms with E-state index in [1.54, 1.807) is 19.1 Å². The van der Waals surface area contributed by atoms with Crippen molar-refractivity contribution in [3.63, 3.8) is 0 Å². The first-order valence-corrected chi connectivity index (χ1v) is 14.2. The highest BCUT2D eigenvalue weighted by molar-refractivity contribution is 7.92. The van der Waals surface area contributed by atoms with Gasteiger partial charge in [-0.1, -0.05) is 67.8 Å². The minimum absolute atomic E-state index is 0.129. The Morgan fingerprint density at radius 2 is 1.63 bits per heavy atom. The highest BCUT2D eigenvalue weighted by Gasteiger charge is 2.31. The van der Waals surface area contributed by atoms with Crippen molar-refractivity contribution in [3.05, 3.63) is 65.7 Å². The molecule has 1 aliphatic rings. The topological polar surface area (TPSA) is 86.8 Å². The SMILES string of the molecule is Cc1ccccc1N(CC(=O)N(CCc1ccccc1)C(C)C(=O)NC1CCCCC1)S(C)(=O)=O. The number of sulfonamides is 1. The maximum Gasteiger partial charge on any atom is 0.244 e. The molecule has 0 bridgehead atoms. The maximum absolute atomic E-state index is 13.6. The number of benzene rings is 2. The normalized spacial score (nSPS) is 15.3. The summed E-state index contributed by atoms with van der Waals surface area (Å²) in [5.74, 6) is -0.596. The number of carbonyl (C=O) groups is 2. The molecule has 1 N–H and O–H groups in total. The average Bonchev–Trinajstić information content (AvgIpc) is 2.83. The molecular weight excluding hydrogens is 462 g/mol. The van der Waals surface area contributed by atoms with Gasteiger partial charge in [0, 0.05) is 12.6 Å². The zero-order chi connectivity index (χ0) is 25.4. The van der Waals surface area contributed by atoms with Crippen LogP contribution in [0, 0.1) is 6.92 Å². The van der Waals surface area contributed by atoms with Gasteiger partial charge in [-0.15, -0.1) is 0 Å². The van der Waals surface area contributed by atoms with E-state index in [0.29, 0.717) is 18.7 Å². The van der Waals surface area contributed by atoms with Crippen molar-refractivity contribution in [1.82, 2.24) is 10.2 Å². The molecule has 0 saturated heterocycles. The Hall–Kier alpha value is -2.87. The van der Waals surface area contributed by atoms with E-state index in [2.05, 4.69) is 5.32 Å². The van der Waals surface area contributed by atoms with Crippen molar-refractivity contribution >= 4 is 27.5 Å². The summed E-state index contributed by atoms with van der Waals surface area (Å²) in [5, 5.41) is 3.11. The minimum atomic E-state index is -3.72. The Morgan fingerprint density at radius 3 is 2.26 bits per heavy atom. The van der Waals surface area contributed by atoms with Crippen LogP contribution in [0.15, 0.2) is 54.6 Å². The molecule has 8 heteroatoms. The molecule has 7 nitrogen and oxygen atoms in total. The zero-order valence-electron chi connectivity index (χ0n) is 20.9. The molecule has 3 rings (SSSR count). The number of nitrogens with zero attached hydrogens (tertiary/aromatic N) is 2. The molecule has 0 aromatic heterocycles. The van der Waals surface area contributed by atoms with Gasteiger partial charge in [0.05, 0.1) is 11.9 Å². The van der Waals surface area contributed by atoms with Gasteiger partial charge < -0.3 is 10.2 Å². The number of hydrogen-bond acceptors (Lipinski definition) is 4. The Labute approximate surface area is 209 Å². The summed E-state index contributed by atoms with van der Waals surface area (Å²) in [4.78, 5) is 28.2. The fourth-order valence-corrected chi connectivity index (χ4v) is 5.48. The van der Waals surface area contributed by atoms with Gasteiger partial charge >= 0.3 is 0 Å². The summed E-state index contributed by atoms with van der Waals surface area (Å²) in [6, 6.07) is 16.2. The monoisotopic (exact) mass is 499 g/mol. The van der Waals surface area contributed by atoms with Gasteiger partial charge in [-0.25, -0.2) is 8.42 Å². The van der Waals surface area contributed by atoms with Crippen LogP contribution in [0.25, 0.3) is 0 Å². The predicted octanol–water partition coefficient (Wildman–Crippen LogP) is 3.67. The van der Waals surface area contributed by atoms with Gasteiger partial charge in [0.15, 0.2) is 0 Å². The van der Waals surface area contributed by atoms with Crippen LogP contribution in [0.1, 0.15) is 50.2 Å². The molecule has 0 spiro atoms. The van der Waals surface area contributed by atoms with Crippen LogP contribution in [0.5, 0.6) is 0 Å². The molecule has 0 radical (unpaired) electrons. The van der Waals surface area contributed by atoms with Gasteiger partial charge in [0.25, 0.3) is 0 Å². The smallest absolute Gasteiger partial charge is 0.244 e. The first-order chi connectivity index (χ1) is 16.7. The van der Waals surface area contributed by atoms with Gasteiger partial charge in [-0.3, -0.25) is 13.9 Å². The van der Waals surface area contributed by atoms with Crippen molar-refractivity contribution in [2.75, 3.05) is 23.7 Å². The van der Waals surface area contributed by atoms with E-state index in [9.17, 15) is 18.0 Å².